The Morgan fingerprint density at radius 2 is 1.60 bits per heavy atom. The normalized spacial score (nSPS) is 11.5. The lowest BCUT2D eigenvalue weighted by Gasteiger charge is -2.24. The minimum Gasteiger partial charge on any atom is -0.494 e. The molecule has 0 radical (unpaired) electrons. The Morgan fingerprint density at radius 1 is 0.950 bits per heavy atom. The van der Waals surface area contributed by atoms with Gasteiger partial charge < -0.3 is 29.5 Å². The highest BCUT2D eigenvalue weighted by atomic mass is 35.5. The fourth-order valence-electron chi connectivity index (χ4n) is 3.70. The molecule has 1 unspecified atom stereocenters. The van der Waals surface area contributed by atoms with Gasteiger partial charge in [0, 0.05) is 24.6 Å². The van der Waals surface area contributed by atoms with Crippen molar-refractivity contribution in [3.63, 3.8) is 0 Å². The third-order valence-corrected chi connectivity index (χ3v) is 6.28. The largest absolute Gasteiger partial charge is 0.494 e. The number of carboxylic acids is 1. The standard InChI is InChI=1S/C29H31Cl2FN2O6/c1-2-38-27(28(35)36)18-20-4-9-23(10-5-20)40-17-15-34(14-3-16-39-24-11-7-22(32)8-12-24)29(37)33-26-13-6-21(30)19-25(26)31/h4-13,19,27H,2-3,14-18H2,1H3,(H,33,37)(H,35,36). The van der Waals surface area contributed by atoms with Gasteiger partial charge in [0.2, 0.25) is 0 Å². The number of carbonyl (C=O) groups excluding carboxylic acids is 1. The first kappa shape index (κ1) is 31.0. The van der Waals surface area contributed by atoms with Crippen LogP contribution in [0.25, 0.3) is 0 Å². The molecule has 214 valence electrons. The molecule has 3 aromatic carbocycles. The van der Waals surface area contributed by atoms with Gasteiger partial charge in [0.15, 0.2) is 6.10 Å². The molecule has 3 rings (SSSR count). The molecule has 40 heavy (non-hydrogen) atoms. The minimum absolute atomic E-state index is 0.205. The number of ether oxygens (including phenoxy) is 3. The second-order valence-electron chi connectivity index (χ2n) is 8.68. The van der Waals surface area contributed by atoms with Crippen LogP contribution < -0.4 is 14.8 Å². The molecule has 0 saturated carbocycles. The molecular formula is C29H31Cl2FN2O6. The number of rotatable bonds is 15. The number of halogens is 3. The maximum absolute atomic E-state index is 13.1. The molecule has 1 atom stereocenters. The number of nitrogens with one attached hydrogen (secondary N) is 1. The van der Waals surface area contributed by atoms with Crippen LogP contribution in [-0.2, 0) is 16.0 Å². The number of nitrogens with zero attached hydrogens (tertiary/aromatic N) is 1. The van der Waals surface area contributed by atoms with Crippen molar-refractivity contribution >= 4 is 40.9 Å². The van der Waals surface area contributed by atoms with Gasteiger partial charge in [-0.05, 0) is 73.5 Å². The van der Waals surface area contributed by atoms with Gasteiger partial charge in [-0.25, -0.2) is 14.0 Å². The van der Waals surface area contributed by atoms with Crippen molar-refractivity contribution in [2.24, 2.45) is 0 Å². The number of benzene rings is 3. The first-order valence-electron chi connectivity index (χ1n) is 12.7. The van der Waals surface area contributed by atoms with E-state index in [2.05, 4.69) is 5.32 Å². The fourth-order valence-corrected chi connectivity index (χ4v) is 4.16. The predicted octanol–water partition coefficient (Wildman–Crippen LogP) is 6.55. The van der Waals surface area contributed by atoms with Crippen LogP contribution in [0, 0.1) is 5.82 Å². The van der Waals surface area contributed by atoms with E-state index in [0.717, 1.165) is 5.56 Å². The molecule has 0 heterocycles. The highest BCUT2D eigenvalue weighted by molar-refractivity contribution is 6.36. The first-order valence-corrected chi connectivity index (χ1v) is 13.5. The summed E-state index contributed by atoms with van der Waals surface area (Å²) in [6, 6.07) is 17.2. The number of hydrogen-bond donors (Lipinski definition) is 2. The Morgan fingerprint density at radius 3 is 2.23 bits per heavy atom. The van der Waals surface area contributed by atoms with Crippen LogP contribution in [0.3, 0.4) is 0 Å². The van der Waals surface area contributed by atoms with Gasteiger partial charge in [0.1, 0.15) is 23.9 Å². The molecule has 11 heteroatoms. The van der Waals surface area contributed by atoms with Crippen molar-refractivity contribution < 1.29 is 33.3 Å². The van der Waals surface area contributed by atoms with Crippen LogP contribution in [0.4, 0.5) is 14.9 Å². The number of anilines is 1. The summed E-state index contributed by atoms with van der Waals surface area (Å²) in [6.45, 7) is 3.20. The topological polar surface area (TPSA) is 97.3 Å². The van der Waals surface area contributed by atoms with Gasteiger partial charge in [-0.3, -0.25) is 0 Å². The smallest absolute Gasteiger partial charge is 0.333 e. The lowest BCUT2D eigenvalue weighted by atomic mass is 10.1. The molecule has 8 nitrogen and oxygen atoms in total. The van der Waals surface area contributed by atoms with Crippen molar-refractivity contribution in [2.45, 2.75) is 25.9 Å². The van der Waals surface area contributed by atoms with E-state index in [1.54, 1.807) is 66.4 Å². The van der Waals surface area contributed by atoms with Crippen LogP contribution in [0.15, 0.2) is 66.7 Å². The van der Waals surface area contributed by atoms with Gasteiger partial charge in [0.05, 0.1) is 23.9 Å². The van der Waals surface area contributed by atoms with E-state index in [-0.39, 0.29) is 31.4 Å². The monoisotopic (exact) mass is 592 g/mol. The van der Waals surface area contributed by atoms with Crippen molar-refractivity contribution in [3.8, 4) is 11.5 Å². The molecular weight excluding hydrogens is 562 g/mol. The highest BCUT2D eigenvalue weighted by Crippen LogP contribution is 2.25. The maximum Gasteiger partial charge on any atom is 0.333 e. The Hall–Kier alpha value is -3.53. The number of carbonyl (C=O) groups is 2. The van der Waals surface area contributed by atoms with E-state index in [1.807, 2.05) is 0 Å². The Labute approximate surface area is 242 Å². The lowest BCUT2D eigenvalue weighted by molar-refractivity contribution is -0.149. The third-order valence-electron chi connectivity index (χ3n) is 5.73. The summed E-state index contributed by atoms with van der Waals surface area (Å²) in [5.41, 5.74) is 1.22. The quantitative estimate of drug-likeness (QED) is 0.194. The average molecular weight is 593 g/mol. The summed E-state index contributed by atoms with van der Waals surface area (Å²) >= 11 is 12.2. The number of hydrogen-bond acceptors (Lipinski definition) is 5. The number of aliphatic carboxylic acids is 1. The van der Waals surface area contributed by atoms with Crippen molar-refractivity contribution in [1.82, 2.24) is 4.90 Å². The number of urea groups is 1. The van der Waals surface area contributed by atoms with Gasteiger partial charge >= 0.3 is 12.0 Å². The second kappa shape index (κ2) is 15.9. The molecule has 0 spiro atoms. The fraction of sp³-hybridized carbons (Fsp3) is 0.310. The van der Waals surface area contributed by atoms with Gasteiger partial charge in [-0.15, -0.1) is 0 Å². The second-order valence-corrected chi connectivity index (χ2v) is 9.52. The van der Waals surface area contributed by atoms with Crippen molar-refractivity contribution in [3.05, 3.63) is 88.2 Å². The summed E-state index contributed by atoms with van der Waals surface area (Å²) in [7, 11) is 0. The molecule has 0 saturated heterocycles. The van der Waals surface area contributed by atoms with Crippen molar-refractivity contribution in [1.29, 1.82) is 0 Å². The van der Waals surface area contributed by atoms with Crippen molar-refractivity contribution in [2.75, 3.05) is 38.2 Å². The summed E-state index contributed by atoms with van der Waals surface area (Å²) < 4.78 is 29.9. The molecule has 2 N–H and O–H groups in total. The molecule has 3 aromatic rings. The first-order chi connectivity index (χ1) is 19.2. The van der Waals surface area contributed by atoms with Crippen LogP contribution in [0.5, 0.6) is 11.5 Å². The van der Waals surface area contributed by atoms with E-state index >= 15 is 0 Å². The summed E-state index contributed by atoms with van der Waals surface area (Å²) in [5, 5.41) is 12.8. The van der Waals surface area contributed by atoms with Gasteiger partial charge in [-0.2, -0.15) is 0 Å². The molecule has 0 bridgehead atoms. The lowest BCUT2D eigenvalue weighted by Crippen LogP contribution is -2.39. The van der Waals surface area contributed by atoms with E-state index in [4.69, 9.17) is 37.4 Å². The van der Waals surface area contributed by atoms with Crippen LogP contribution in [0.2, 0.25) is 10.0 Å². The number of carboxylic acid groups (broad SMARTS) is 1. The van der Waals surface area contributed by atoms with Gasteiger partial charge in [-0.1, -0.05) is 35.3 Å². The zero-order valence-electron chi connectivity index (χ0n) is 21.9. The zero-order chi connectivity index (χ0) is 28.9. The molecule has 0 aromatic heterocycles. The molecule has 0 fully saturated rings. The van der Waals surface area contributed by atoms with E-state index < -0.39 is 12.1 Å². The summed E-state index contributed by atoms with van der Waals surface area (Å²) in [4.78, 5) is 26.0. The molecule has 2 amide bonds. The highest BCUT2D eigenvalue weighted by Gasteiger charge is 2.18. The molecule has 0 aliphatic heterocycles. The number of amides is 2. The van der Waals surface area contributed by atoms with Gasteiger partial charge in [0.25, 0.3) is 0 Å². The zero-order valence-corrected chi connectivity index (χ0v) is 23.5. The summed E-state index contributed by atoms with van der Waals surface area (Å²) in [6.07, 6.45) is -0.159. The average Bonchev–Trinajstić information content (AvgIpc) is 2.93. The van der Waals surface area contributed by atoms with E-state index in [1.165, 1.54) is 12.1 Å². The molecule has 0 aliphatic rings. The van der Waals surface area contributed by atoms with E-state index in [0.29, 0.717) is 53.4 Å². The third kappa shape index (κ3) is 10.2. The molecule has 0 aliphatic carbocycles. The maximum atomic E-state index is 13.1. The van der Waals surface area contributed by atoms with Crippen LogP contribution >= 0.6 is 23.2 Å². The Kier molecular flexibility index (Phi) is 12.3. The SMILES string of the molecule is CCOC(Cc1ccc(OCCN(CCCOc2ccc(F)cc2)C(=O)Nc2ccc(Cl)cc2Cl)cc1)C(=O)O. The van der Waals surface area contributed by atoms with E-state index in [9.17, 15) is 19.1 Å². The van der Waals surface area contributed by atoms with Crippen LogP contribution in [-0.4, -0.2) is 61.0 Å². The van der Waals surface area contributed by atoms with Crippen LogP contribution in [0.1, 0.15) is 18.9 Å². The Bertz CT molecular complexity index is 1240. The minimum atomic E-state index is -1.01. The predicted molar refractivity (Wildman–Crippen MR) is 152 cm³/mol. The Balaban J connectivity index is 1.56. The summed E-state index contributed by atoms with van der Waals surface area (Å²) in [5.74, 6) is -0.245.